The van der Waals surface area contributed by atoms with E-state index in [1.807, 2.05) is 0 Å². The summed E-state index contributed by atoms with van der Waals surface area (Å²) in [4.78, 5) is 11.1. The predicted octanol–water partition coefficient (Wildman–Crippen LogP) is 4.78. The van der Waals surface area contributed by atoms with Gasteiger partial charge in [0.25, 0.3) is 6.08 Å². The van der Waals surface area contributed by atoms with E-state index in [9.17, 15) is 35.5 Å². The van der Waals surface area contributed by atoms with Crippen molar-refractivity contribution < 1.29 is 45.0 Å². The summed E-state index contributed by atoms with van der Waals surface area (Å²) in [6.45, 7) is 0.898. The smallest absolute Gasteiger partial charge is 0.462 e. The summed E-state index contributed by atoms with van der Waals surface area (Å²) in [5.41, 5.74) is -1.67. The highest BCUT2D eigenvalue weighted by atomic mass is 19.4. The van der Waals surface area contributed by atoms with E-state index >= 15 is 0 Å². The van der Waals surface area contributed by atoms with Crippen LogP contribution in [0.3, 0.4) is 0 Å². The van der Waals surface area contributed by atoms with Crippen LogP contribution in [0.1, 0.15) is 18.9 Å². The topological polar surface area (TPSA) is 35.5 Å². The highest BCUT2D eigenvalue weighted by Gasteiger charge is 2.42. The number of allylic oxidation sites excluding steroid dienone is 1. The molecule has 0 saturated heterocycles. The van der Waals surface area contributed by atoms with Gasteiger partial charge < -0.3 is 9.47 Å². The van der Waals surface area contributed by atoms with Crippen molar-refractivity contribution in [1.29, 1.82) is 0 Å². The predicted molar refractivity (Wildman–Crippen MR) is 68.5 cm³/mol. The van der Waals surface area contributed by atoms with Crippen LogP contribution in [0.15, 0.2) is 30.3 Å². The van der Waals surface area contributed by atoms with Crippen LogP contribution in [0.25, 0.3) is 5.57 Å². The second-order valence-electron chi connectivity index (χ2n) is 4.41. The normalized spacial score (nSPS) is 11.8. The average Bonchev–Trinajstić information content (AvgIpc) is 2.44. The Kier molecular flexibility index (Phi) is 6.22. The molecule has 1 aromatic rings. The number of hydrogen-bond acceptors (Lipinski definition) is 3. The Balaban J connectivity index is 3.02. The second-order valence-corrected chi connectivity index (χ2v) is 4.41. The van der Waals surface area contributed by atoms with Crippen molar-refractivity contribution in [3.05, 3.63) is 35.9 Å². The number of hydrogen-bond donors (Lipinski definition) is 0. The van der Waals surface area contributed by atoms with E-state index in [0.29, 0.717) is 12.1 Å². The van der Waals surface area contributed by atoms with Crippen LogP contribution < -0.4 is 4.74 Å². The second kappa shape index (κ2) is 7.54. The van der Waals surface area contributed by atoms with Crippen LogP contribution in [-0.2, 0) is 9.53 Å². The van der Waals surface area contributed by atoms with E-state index in [2.05, 4.69) is 9.47 Å². The summed E-state index contributed by atoms with van der Waals surface area (Å²) < 4.78 is 96.7. The van der Waals surface area contributed by atoms with E-state index in [1.165, 1.54) is 6.92 Å². The maximum Gasteiger partial charge on any atom is 0.573 e. The molecule has 0 atom stereocenters. The van der Waals surface area contributed by atoms with Crippen LogP contribution in [0.5, 0.6) is 5.75 Å². The van der Waals surface area contributed by atoms with Crippen molar-refractivity contribution in [2.75, 3.05) is 6.61 Å². The lowest BCUT2D eigenvalue weighted by molar-refractivity contribution is -0.274. The zero-order valence-electron chi connectivity index (χ0n) is 12.1. The molecule has 0 fully saturated rings. The number of esters is 1. The number of benzene rings is 1. The molecule has 24 heavy (non-hydrogen) atoms. The first-order valence-electron chi connectivity index (χ1n) is 6.41. The lowest BCUT2D eigenvalue weighted by Gasteiger charge is -2.16. The van der Waals surface area contributed by atoms with Crippen LogP contribution in [0, 0.1) is 0 Å². The Morgan fingerprint density at radius 2 is 1.58 bits per heavy atom. The van der Waals surface area contributed by atoms with E-state index in [4.69, 9.17) is 0 Å². The molecule has 0 aliphatic heterocycles. The van der Waals surface area contributed by atoms with Crippen molar-refractivity contribution >= 4 is 11.5 Å². The minimum absolute atomic E-state index is 0.366. The van der Waals surface area contributed by atoms with Gasteiger partial charge in [0, 0.05) is 5.57 Å². The highest BCUT2D eigenvalue weighted by molar-refractivity contribution is 5.81. The van der Waals surface area contributed by atoms with E-state index < -0.39 is 47.6 Å². The fourth-order valence-corrected chi connectivity index (χ4v) is 1.67. The molecule has 0 aliphatic carbocycles. The first-order chi connectivity index (χ1) is 11.0. The van der Waals surface area contributed by atoms with Crippen molar-refractivity contribution in [2.45, 2.75) is 25.6 Å². The third kappa shape index (κ3) is 5.74. The molecule has 1 rings (SSSR count). The summed E-state index contributed by atoms with van der Waals surface area (Å²) in [5, 5.41) is 0. The quantitative estimate of drug-likeness (QED) is 0.541. The molecule has 0 unspecified atom stereocenters. The van der Waals surface area contributed by atoms with E-state index in [1.54, 1.807) is 0 Å². The van der Waals surface area contributed by atoms with Crippen molar-refractivity contribution in [3.63, 3.8) is 0 Å². The van der Waals surface area contributed by atoms with Gasteiger partial charge in [-0.15, -0.1) is 13.2 Å². The molecule has 10 heteroatoms. The largest absolute Gasteiger partial charge is 0.573 e. The molecule has 0 amide bonds. The molecule has 0 radical (unpaired) electrons. The van der Waals surface area contributed by atoms with Gasteiger partial charge in [0.15, 0.2) is 0 Å². The van der Waals surface area contributed by atoms with Gasteiger partial charge in [-0.25, -0.2) is 4.79 Å². The fourth-order valence-electron chi connectivity index (χ4n) is 1.67. The summed E-state index contributed by atoms with van der Waals surface area (Å²) in [6.07, 6.45) is -9.14. The van der Waals surface area contributed by atoms with Gasteiger partial charge in [-0.3, -0.25) is 0 Å². The van der Waals surface area contributed by atoms with Gasteiger partial charge in [0.1, 0.15) is 5.75 Å². The minimum atomic E-state index is -4.98. The van der Waals surface area contributed by atoms with Crippen molar-refractivity contribution in [1.82, 2.24) is 0 Å². The van der Waals surface area contributed by atoms with Gasteiger partial charge in [-0.2, -0.15) is 17.6 Å². The molecule has 0 aromatic heterocycles. The number of rotatable bonds is 6. The first kappa shape index (κ1) is 19.8. The third-order valence-corrected chi connectivity index (χ3v) is 2.64. The highest BCUT2D eigenvalue weighted by Crippen LogP contribution is 2.34. The molecule has 0 saturated carbocycles. The lowest BCUT2D eigenvalue weighted by Crippen LogP contribution is -2.31. The lowest BCUT2D eigenvalue weighted by atomic mass is 10.00. The van der Waals surface area contributed by atoms with E-state index in [0.717, 1.165) is 12.1 Å². The summed E-state index contributed by atoms with van der Waals surface area (Å²) in [6, 6.07) is 2.87. The molecular weight excluding hydrogens is 349 g/mol. The molecule has 0 bridgehead atoms. The first-order valence-corrected chi connectivity index (χ1v) is 6.41. The molecule has 0 heterocycles. The summed E-state index contributed by atoms with van der Waals surface area (Å²) in [5.74, 6) is -6.89. The standard InChI is InChI=1S/C14H11F7O3/c1-2-23-12(22)13(17,18)7-10(11(15)16)8-3-5-9(6-4-8)24-14(19,20)21/h3-6H,2,7H2,1H3. The number of halogens is 7. The minimum Gasteiger partial charge on any atom is -0.462 e. The molecule has 0 N–H and O–H groups in total. The number of alkyl halides is 5. The maximum absolute atomic E-state index is 13.6. The molecule has 134 valence electrons. The van der Waals surface area contributed by atoms with Gasteiger partial charge in [-0.1, -0.05) is 12.1 Å². The number of carbonyl (C=O) groups is 1. The van der Waals surface area contributed by atoms with Crippen LogP contribution in [-0.4, -0.2) is 24.9 Å². The Hall–Kier alpha value is -2.26. The molecule has 3 nitrogen and oxygen atoms in total. The van der Waals surface area contributed by atoms with E-state index in [-0.39, 0.29) is 6.61 Å². The Morgan fingerprint density at radius 1 is 1.04 bits per heavy atom. The zero-order chi connectivity index (χ0) is 18.5. The van der Waals surface area contributed by atoms with Crippen molar-refractivity contribution in [2.24, 2.45) is 0 Å². The molecular formula is C14H11F7O3. The Morgan fingerprint density at radius 3 is 2.00 bits per heavy atom. The SMILES string of the molecule is CCOC(=O)C(F)(F)CC(=C(F)F)c1ccc(OC(F)(F)F)cc1. The van der Waals surface area contributed by atoms with Gasteiger partial charge in [0.2, 0.25) is 0 Å². The van der Waals surface area contributed by atoms with Crippen molar-refractivity contribution in [3.8, 4) is 5.75 Å². The van der Waals surface area contributed by atoms with Crippen LogP contribution in [0.2, 0.25) is 0 Å². The number of ether oxygens (including phenoxy) is 2. The zero-order valence-corrected chi connectivity index (χ0v) is 12.1. The molecule has 0 spiro atoms. The average molecular weight is 360 g/mol. The molecule has 1 aromatic carbocycles. The number of carbonyl (C=O) groups excluding carboxylic acids is 1. The Bertz CT molecular complexity index is 602. The monoisotopic (exact) mass is 360 g/mol. The van der Waals surface area contributed by atoms with Crippen LogP contribution in [0.4, 0.5) is 30.7 Å². The van der Waals surface area contributed by atoms with Gasteiger partial charge >= 0.3 is 18.3 Å². The third-order valence-electron chi connectivity index (χ3n) is 2.64. The van der Waals surface area contributed by atoms with Gasteiger partial charge in [-0.05, 0) is 24.6 Å². The fraction of sp³-hybridized carbons (Fsp3) is 0.357. The molecule has 0 aliphatic rings. The maximum atomic E-state index is 13.6. The van der Waals surface area contributed by atoms with Gasteiger partial charge in [0.05, 0.1) is 13.0 Å². The Labute approximate surface area is 131 Å². The summed E-state index contributed by atoms with van der Waals surface area (Å²) in [7, 11) is 0. The van der Waals surface area contributed by atoms with Crippen LogP contribution >= 0.6 is 0 Å². The summed E-state index contributed by atoms with van der Waals surface area (Å²) >= 11 is 0.